The summed E-state index contributed by atoms with van der Waals surface area (Å²) in [6, 6.07) is 1.82. The molecule has 6 heteroatoms. The smallest absolute Gasteiger partial charge is 0.332 e. The van der Waals surface area contributed by atoms with Gasteiger partial charge in [-0.15, -0.1) is 0 Å². The Morgan fingerprint density at radius 2 is 2.25 bits per heavy atom. The third-order valence-corrected chi connectivity index (χ3v) is 3.88. The Kier molecular flexibility index (Phi) is 3.56. The van der Waals surface area contributed by atoms with Gasteiger partial charge in [0, 0.05) is 18.6 Å². The Hall–Kier alpha value is -2.08. The average Bonchev–Trinajstić information content (AvgIpc) is 3.10. The van der Waals surface area contributed by atoms with E-state index in [0.717, 1.165) is 18.9 Å². The van der Waals surface area contributed by atoms with Crippen LogP contribution < -0.4 is 5.32 Å². The number of nitrogens with zero attached hydrogens (tertiary/aromatic N) is 3. The number of aromatic nitrogens is 3. The van der Waals surface area contributed by atoms with Crippen LogP contribution in [-0.2, 0) is 0 Å². The molecule has 1 aliphatic rings. The van der Waals surface area contributed by atoms with E-state index in [-0.39, 0.29) is 6.03 Å². The number of amides is 1. The number of anilines is 1. The lowest BCUT2D eigenvalue weighted by Crippen LogP contribution is -2.29. The molecule has 1 fully saturated rings. The van der Waals surface area contributed by atoms with E-state index in [2.05, 4.69) is 27.2 Å². The summed E-state index contributed by atoms with van der Waals surface area (Å²) in [6.45, 7) is 2.26. The quantitative estimate of drug-likeness (QED) is 0.880. The second-order valence-corrected chi connectivity index (χ2v) is 5.32. The van der Waals surface area contributed by atoms with Crippen molar-refractivity contribution in [1.82, 2.24) is 19.4 Å². The fourth-order valence-corrected chi connectivity index (χ4v) is 2.62. The van der Waals surface area contributed by atoms with E-state index in [1.54, 1.807) is 12.4 Å². The van der Waals surface area contributed by atoms with E-state index in [1.165, 1.54) is 29.3 Å². The van der Waals surface area contributed by atoms with Crippen molar-refractivity contribution in [2.24, 2.45) is 0 Å². The summed E-state index contributed by atoms with van der Waals surface area (Å²) in [5, 5.41) is 2.83. The number of hydrogen-bond acceptors (Lipinski definition) is 3. The lowest BCUT2D eigenvalue weighted by molar-refractivity contribution is 0.253. The van der Waals surface area contributed by atoms with Gasteiger partial charge in [-0.3, -0.25) is 9.88 Å². The van der Waals surface area contributed by atoms with Crippen molar-refractivity contribution in [3.05, 3.63) is 36.5 Å². The highest BCUT2D eigenvalue weighted by atomic mass is 16.2. The van der Waals surface area contributed by atoms with Gasteiger partial charge in [-0.05, 0) is 50.5 Å². The SMILES string of the molecule is CN1CCC(c2c[nH]c(NC(=O)n3ccnc3)c2)CC1. The molecule has 0 aliphatic carbocycles. The normalized spacial score (nSPS) is 17.2. The minimum absolute atomic E-state index is 0.209. The summed E-state index contributed by atoms with van der Waals surface area (Å²) >= 11 is 0. The first kappa shape index (κ1) is 12.9. The maximum atomic E-state index is 11.9. The molecule has 2 aromatic heterocycles. The minimum atomic E-state index is -0.209. The lowest BCUT2D eigenvalue weighted by Gasteiger charge is -2.28. The van der Waals surface area contributed by atoms with Crippen LogP contribution in [0.4, 0.5) is 10.6 Å². The van der Waals surface area contributed by atoms with Crippen LogP contribution >= 0.6 is 0 Å². The van der Waals surface area contributed by atoms with Crippen LogP contribution in [0, 0.1) is 0 Å². The molecule has 0 spiro atoms. The molecule has 0 bridgehead atoms. The van der Waals surface area contributed by atoms with Crippen LogP contribution in [0.15, 0.2) is 31.0 Å². The molecule has 1 aliphatic heterocycles. The molecule has 2 aromatic rings. The maximum Gasteiger partial charge on any atom is 0.332 e. The fourth-order valence-electron chi connectivity index (χ4n) is 2.62. The average molecular weight is 273 g/mol. The second kappa shape index (κ2) is 5.50. The summed E-state index contributed by atoms with van der Waals surface area (Å²) in [7, 11) is 2.16. The highest BCUT2D eigenvalue weighted by Gasteiger charge is 2.19. The first-order valence-electron chi connectivity index (χ1n) is 6.88. The Labute approximate surface area is 117 Å². The van der Waals surface area contributed by atoms with Gasteiger partial charge in [0.1, 0.15) is 12.1 Å². The number of carbonyl (C=O) groups is 1. The molecular formula is C14H19N5O. The fraction of sp³-hybridized carbons (Fsp3) is 0.429. The summed E-state index contributed by atoms with van der Waals surface area (Å²) in [5.74, 6) is 1.32. The Bertz CT molecular complexity index is 566. The van der Waals surface area contributed by atoms with Gasteiger partial charge in [-0.25, -0.2) is 9.78 Å². The van der Waals surface area contributed by atoms with Gasteiger partial charge in [0.25, 0.3) is 0 Å². The summed E-state index contributed by atoms with van der Waals surface area (Å²) in [4.78, 5) is 21.2. The molecule has 0 aromatic carbocycles. The van der Waals surface area contributed by atoms with Gasteiger partial charge in [0.2, 0.25) is 0 Å². The van der Waals surface area contributed by atoms with Crippen LogP contribution in [-0.4, -0.2) is 45.6 Å². The van der Waals surface area contributed by atoms with Crippen molar-refractivity contribution in [3.8, 4) is 0 Å². The van der Waals surface area contributed by atoms with E-state index in [4.69, 9.17) is 0 Å². The van der Waals surface area contributed by atoms with Crippen molar-refractivity contribution >= 4 is 11.8 Å². The summed E-state index contributed by atoms with van der Waals surface area (Å²) in [5.41, 5.74) is 1.28. The molecule has 6 nitrogen and oxygen atoms in total. The lowest BCUT2D eigenvalue weighted by atomic mass is 9.91. The Balaban J connectivity index is 1.63. The zero-order valence-corrected chi connectivity index (χ0v) is 11.5. The van der Waals surface area contributed by atoms with Crippen molar-refractivity contribution in [3.63, 3.8) is 0 Å². The monoisotopic (exact) mass is 273 g/mol. The molecule has 0 radical (unpaired) electrons. The number of rotatable bonds is 2. The van der Waals surface area contributed by atoms with Crippen molar-refractivity contribution < 1.29 is 4.79 Å². The maximum absolute atomic E-state index is 11.9. The zero-order chi connectivity index (χ0) is 13.9. The summed E-state index contributed by atoms with van der Waals surface area (Å²) in [6.07, 6.45) is 9.02. The third kappa shape index (κ3) is 2.75. The van der Waals surface area contributed by atoms with Crippen molar-refractivity contribution in [2.75, 3.05) is 25.5 Å². The standard InChI is InChI=1S/C14H19N5O/c1-18-5-2-11(3-6-18)12-8-13(16-9-12)17-14(20)19-7-4-15-10-19/h4,7-11,16H,2-3,5-6H2,1H3,(H,17,20). The van der Waals surface area contributed by atoms with Crippen molar-refractivity contribution in [1.29, 1.82) is 0 Å². The number of likely N-dealkylation sites (tertiary alicyclic amines) is 1. The highest BCUT2D eigenvalue weighted by Crippen LogP contribution is 2.28. The number of piperidine rings is 1. The van der Waals surface area contributed by atoms with Gasteiger partial charge in [0.05, 0.1) is 0 Å². The number of H-pyrrole nitrogens is 1. The molecule has 2 N–H and O–H groups in total. The van der Waals surface area contributed by atoms with Crippen LogP contribution in [0.1, 0.15) is 24.3 Å². The van der Waals surface area contributed by atoms with Gasteiger partial charge in [0.15, 0.2) is 0 Å². The molecule has 0 atom stereocenters. The second-order valence-electron chi connectivity index (χ2n) is 5.32. The third-order valence-electron chi connectivity index (χ3n) is 3.88. The van der Waals surface area contributed by atoms with Crippen LogP contribution in [0.3, 0.4) is 0 Å². The van der Waals surface area contributed by atoms with Crippen LogP contribution in [0.5, 0.6) is 0 Å². The van der Waals surface area contributed by atoms with Crippen LogP contribution in [0.25, 0.3) is 0 Å². The van der Waals surface area contributed by atoms with E-state index in [0.29, 0.717) is 5.92 Å². The van der Waals surface area contributed by atoms with E-state index < -0.39 is 0 Å². The number of nitrogens with one attached hydrogen (secondary N) is 2. The van der Waals surface area contributed by atoms with Gasteiger partial charge >= 0.3 is 6.03 Å². The molecule has 3 heterocycles. The highest BCUT2D eigenvalue weighted by molar-refractivity contribution is 5.90. The number of carbonyl (C=O) groups excluding carboxylic acids is 1. The van der Waals surface area contributed by atoms with Gasteiger partial charge in [-0.1, -0.05) is 0 Å². The predicted octanol–water partition coefficient (Wildman–Crippen LogP) is 2.10. The molecule has 1 amide bonds. The first-order valence-corrected chi connectivity index (χ1v) is 6.88. The molecule has 3 rings (SSSR count). The molecule has 0 unspecified atom stereocenters. The van der Waals surface area contributed by atoms with E-state index in [1.807, 2.05) is 12.3 Å². The zero-order valence-electron chi connectivity index (χ0n) is 11.5. The first-order chi connectivity index (χ1) is 9.72. The van der Waals surface area contributed by atoms with E-state index >= 15 is 0 Å². The summed E-state index contributed by atoms with van der Waals surface area (Å²) < 4.78 is 1.41. The van der Waals surface area contributed by atoms with Gasteiger partial charge < -0.3 is 9.88 Å². The molecule has 106 valence electrons. The number of imidazole rings is 1. The molecule has 1 saturated heterocycles. The molecule has 20 heavy (non-hydrogen) atoms. The Morgan fingerprint density at radius 3 is 2.95 bits per heavy atom. The molecular weight excluding hydrogens is 254 g/mol. The van der Waals surface area contributed by atoms with E-state index in [9.17, 15) is 4.79 Å². The molecule has 0 saturated carbocycles. The topological polar surface area (TPSA) is 66.0 Å². The largest absolute Gasteiger partial charge is 0.348 e. The van der Waals surface area contributed by atoms with Crippen molar-refractivity contribution in [2.45, 2.75) is 18.8 Å². The predicted molar refractivity (Wildman–Crippen MR) is 76.9 cm³/mol. The minimum Gasteiger partial charge on any atom is -0.348 e. The number of hydrogen-bond donors (Lipinski definition) is 2. The van der Waals surface area contributed by atoms with Gasteiger partial charge in [-0.2, -0.15) is 0 Å². The Morgan fingerprint density at radius 1 is 1.45 bits per heavy atom. The van der Waals surface area contributed by atoms with Crippen LogP contribution in [0.2, 0.25) is 0 Å². The number of aromatic amines is 1.